The molecule has 0 saturated carbocycles. The van der Waals surface area contributed by atoms with E-state index < -0.39 is 0 Å². The van der Waals surface area contributed by atoms with Gasteiger partial charge in [0.05, 0.1) is 27.6 Å². The van der Waals surface area contributed by atoms with E-state index in [1.807, 2.05) is 0 Å². The number of rotatable bonds is 9. The first-order valence-corrected chi connectivity index (χ1v) is 25.2. The van der Waals surface area contributed by atoms with Gasteiger partial charge in [0.15, 0.2) is 0 Å². The largest absolute Gasteiger partial charge is 0.331 e. The van der Waals surface area contributed by atoms with Gasteiger partial charge in [-0.15, -0.1) is 0 Å². The van der Waals surface area contributed by atoms with Crippen molar-refractivity contribution in [1.82, 2.24) is 9.13 Å². The van der Waals surface area contributed by atoms with Gasteiger partial charge in [0, 0.05) is 84.4 Å². The normalized spacial score (nSPS) is 17.1. The van der Waals surface area contributed by atoms with E-state index in [1.54, 1.807) is 0 Å². The molecule has 0 amide bonds. The number of hydrogen-bond donors (Lipinski definition) is 0. The van der Waals surface area contributed by atoms with Crippen molar-refractivity contribution in [2.75, 3.05) is 14.7 Å². The molecule has 2 unspecified atom stereocenters. The van der Waals surface area contributed by atoms with E-state index in [2.05, 4.69) is 292 Å². The molecule has 3 heterocycles. The molecule has 0 spiro atoms. The summed E-state index contributed by atoms with van der Waals surface area (Å²) in [6, 6.07) is 82.0. The van der Waals surface area contributed by atoms with Crippen molar-refractivity contribution in [2.24, 2.45) is 0 Å². The Morgan fingerprint density at radius 2 is 0.917 bits per heavy atom. The van der Waals surface area contributed by atoms with E-state index in [4.69, 9.17) is 0 Å². The third kappa shape index (κ3) is 6.61. The molecule has 2 atom stereocenters. The zero-order valence-electron chi connectivity index (χ0n) is 40.1. The molecule has 1 aliphatic heterocycles. The highest BCUT2D eigenvalue weighted by Crippen LogP contribution is 2.55. The molecule has 72 heavy (non-hydrogen) atoms. The van der Waals surface area contributed by atoms with Crippen molar-refractivity contribution in [3.8, 4) is 11.4 Å². The maximum atomic E-state index is 2.53. The van der Waals surface area contributed by atoms with Crippen LogP contribution in [0.3, 0.4) is 0 Å². The zero-order valence-corrected chi connectivity index (χ0v) is 40.1. The fourth-order valence-corrected chi connectivity index (χ4v) is 12.1. The van der Waals surface area contributed by atoms with E-state index in [-0.39, 0.29) is 11.5 Å². The number of hydrogen-bond acceptors (Lipinski definition) is 3. The quantitative estimate of drug-likeness (QED) is 0.144. The molecule has 11 aromatic rings. The molecule has 5 nitrogen and oxygen atoms in total. The topological polar surface area (TPSA) is 19.6 Å². The number of allylic oxidation sites excluding steroid dienone is 4. The van der Waals surface area contributed by atoms with Crippen LogP contribution in [-0.2, 0) is 0 Å². The Bertz CT molecular complexity index is 4010. The maximum Gasteiger partial charge on any atom is 0.0713 e. The Balaban J connectivity index is 0.951. The summed E-state index contributed by atoms with van der Waals surface area (Å²) in [6.45, 7) is 2.39. The number of aromatic nitrogens is 2. The highest BCUT2D eigenvalue weighted by molar-refractivity contribution is 6.13. The third-order valence-electron chi connectivity index (χ3n) is 15.3. The minimum absolute atomic E-state index is 0.133. The van der Waals surface area contributed by atoms with Crippen LogP contribution < -0.4 is 14.7 Å². The standard InChI is InChI=1S/C67H51N5/c1-67-42-41-55(46-61(67)57-32-18-20-34-66(57)72(67)51-29-15-6-16-30-51)69(48-23-9-3-10-24-48)54-37-40-65-60(45-54)59-44-53(36-39-64(59)71(65)50-27-13-5-14-28-50)68(47-21-7-2-8-22-47)52-35-38-63-58(43-52)56-31-17-19-33-62(56)70(63)49-25-11-4-12-26-49/h2,4-9,11-46,61H,3,10H2,1H3. The number of fused-ring (bicyclic) bond motifs is 9. The number of para-hydroxylation sites is 6. The lowest BCUT2D eigenvalue weighted by Crippen LogP contribution is -2.43. The van der Waals surface area contributed by atoms with Gasteiger partial charge in [-0.1, -0.05) is 133 Å². The van der Waals surface area contributed by atoms with Crippen LogP contribution >= 0.6 is 0 Å². The summed E-state index contributed by atoms with van der Waals surface area (Å²) >= 11 is 0. The summed E-state index contributed by atoms with van der Waals surface area (Å²) in [5.41, 5.74) is 17.3. The molecule has 3 aliphatic rings. The van der Waals surface area contributed by atoms with E-state index in [0.29, 0.717) is 0 Å². The van der Waals surface area contributed by atoms with E-state index in [0.717, 1.165) is 58.0 Å². The first kappa shape index (κ1) is 41.9. The molecule has 9 aromatic carbocycles. The Morgan fingerprint density at radius 1 is 0.417 bits per heavy atom. The minimum atomic E-state index is -0.283. The van der Waals surface area contributed by atoms with Crippen molar-refractivity contribution < 1.29 is 0 Å². The summed E-state index contributed by atoms with van der Waals surface area (Å²) in [5.74, 6) is 0.133. The number of anilines is 6. The SMILES string of the molecule is CC12C=CC(N(C3=CCCC=C3)c3ccc4c(c3)c3cc(N(c5ccccc5)c5ccc6c(c5)c5ccccc5n6-c5ccccc5)ccc3n4-c3ccccc3)=CC1c1ccccc1N2c1ccccc1. The van der Waals surface area contributed by atoms with Gasteiger partial charge in [0.25, 0.3) is 0 Å². The molecule has 344 valence electrons. The molecular formula is C67H51N5. The average molecular weight is 926 g/mol. The van der Waals surface area contributed by atoms with Crippen molar-refractivity contribution >= 4 is 77.7 Å². The highest BCUT2D eigenvalue weighted by atomic mass is 15.2. The summed E-state index contributed by atoms with van der Waals surface area (Å²) < 4.78 is 4.81. The lowest BCUT2D eigenvalue weighted by atomic mass is 9.79. The fourth-order valence-electron chi connectivity index (χ4n) is 12.1. The lowest BCUT2D eigenvalue weighted by Gasteiger charge is -2.41. The lowest BCUT2D eigenvalue weighted by molar-refractivity contribution is 0.538. The predicted octanol–water partition coefficient (Wildman–Crippen LogP) is 17.5. The Labute approximate surface area is 420 Å². The summed E-state index contributed by atoms with van der Waals surface area (Å²) in [4.78, 5) is 7.44. The van der Waals surface area contributed by atoms with Gasteiger partial charge in [-0.2, -0.15) is 0 Å². The van der Waals surface area contributed by atoms with Crippen molar-refractivity contribution in [3.63, 3.8) is 0 Å². The Hall–Kier alpha value is -9.06. The van der Waals surface area contributed by atoms with E-state index >= 15 is 0 Å². The second kappa shape index (κ2) is 16.8. The molecule has 14 rings (SSSR count). The van der Waals surface area contributed by atoms with Crippen LogP contribution in [0.25, 0.3) is 55.0 Å². The molecular weight excluding hydrogens is 875 g/mol. The van der Waals surface area contributed by atoms with Crippen molar-refractivity contribution in [2.45, 2.75) is 31.2 Å². The first-order valence-electron chi connectivity index (χ1n) is 25.2. The Morgan fingerprint density at radius 3 is 1.51 bits per heavy atom. The van der Waals surface area contributed by atoms with Gasteiger partial charge in [0.2, 0.25) is 0 Å². The van der Waals surface area contributed by atoms with Gasteiger partial charge in [-0.3, -0.25) is 0 Å². The number of benzene rings is 9. The van der Waals surface area contributed by atoms with Gasteiger partial charge in [-0.05, 0) is 153 Å². The second-order valence-corrected chi connectivity index (χ2v) is 19.4. The molecule has 2 aliphatic carbocycles. The molecule has 0 fully saturated rings. The van der Waals surface area contributed by atoms with Crippen LogP contribution in [0.5, 0.6) is 0 Å². The maximum absolute atomic E-state index is 2.53. The van der Waals surface area contributed by atoms with Gasteiger partial charge in [-0.25, -0.2) is 0 Å². The van der Waals surface area contributed by atoms with E-state index in [9.17, 15) is 0 Å². The van der Waals surface area contributed by atoms with Crippen molar-refractivity contribution in [1.29, 1.82) is 0 Å². The minimum Gasteiger partial charge on any atom is -0.331 e. The first-order chi connectivity index (χ1) is 35.6. The molecule has 0 N–H and O–H groups in total. The third-order valence-corrected chi connectivity index (χ3v) is 15.3. The molecule has 2 aromatic heterocycles. The molecule has 0 bridgehead atoms. The van der Waals surface area contributed by atoms with Crippen LogP contribution in [0.2, 0.25) is 0 Å². The van der Waals surface area contributed by atoms with Crippen molar-refractivity contribution in [3.05, 3.63) is 278 Å². The second-order valence-electron chi connectivity index (χ2n) is 19.4. The van der Waals surface area contributed by atoms with Crippen LogP contribution in [-0.4, -0.2) is 14.7 Å². The van der Waals surface area contributed by atoms with Crippen LogP contribution in [0, 0.1) is 0 Å². The smallest absolute Gasteiger partial charge is 0.0713 e. The monoisotopic (exact) mass is 925 g/mol. The van der Waals surface area contributed by atoms with Gasteiger partial charge in [0.1, 0.15) is 0 Å². The number of nitrogens with zero attached hydrogens (tertiary/aromatic N) is 5. The predicted molar refractivity (Wildman–Crippen MR) is 302 cm³/mol. The van der Waals surface area contributed by atoms with Crippen LogP contribution in [0.1, 0.15) is 31.2 Å². The Kier molecular flexibility index (Phi) is 9.78. The molecule has 5 heteroatoms. The zero-order chi connectivity index (χ0) is 47.8. The summed E-state index contributed by atoms with van der Waals surface area (Å²) in [5, 5.41) is 4.82. The van der Waals surface area contributed by atoms with Gasteiger partial charge < -0.3 is 23.8 Å². The summed E-state index contributed by atoms with van der Waals surface area (Å²) in [6.07, 6.45) is 16.4. The highest BCUT2D eigenvalue weighted by Gasteiger charge is 2.48. The van der Waals surface area contributed by atoms with Gasteiger partial charge >= 0.3 is 0 Å². The van der Waals surface area contributed by atoms with Crippen LogP contribution in [0.15, 0.2) is 272 Å². The average Bonchev–Trinajstić information content (AvgIpc) is 4.05. The van der Waals surface area contributed by atoms with E-state index in [1.165, 1.54) is 60.9 Å². The molecule has 0 radical (unpaired) electrons. The summed E-state index contributed by atoms with van der Waals surface area (Å²) in [7, 11) is 0. The molecule has 0 saturated heterocycles. The fraction of sp³-hybridized carbons (Fsp3) is 0.0746. The van der Waals surface area contributed by atoms with Crippen LogP contribution in [0.4, 0.5) is 34.1 Å².